The molecule has 0 amide bonds. The molecule has 3 rings (SSSR count). The van der Waals surface area contributed by atoms with E-state index in [1.807, 2.05) is 0 Å². The number of fused-ring (bicyclic) bond motifs is 3. The van der Waals surface area contributed by atoms with Crippen LogP contribution < -0.4 is 35.1 Å². The Labute approximate surface area is 98.0 Å². The normalized spacial score (nSPS) is 10.6. The summed E-state index contributed by atoms with van der Waals surface area (Å²) in [5.74, 6) is 0.353. The van der Waals surface area contributed by atoms with Gasteiger partial charge in [-0.1, -0.05) is 0 Å². The van der Waals surface area contributed by atoms with Gasteiger partial charge in [-0.25, -0.2) is 0 Å². The molecule has 0 radical (unpaired) electrons. The van der Waals surface area contributed by atoms with Crippen molar-refractivity contribution in [2.24, 2.45) is 0 Å². The molecule has 0 saturated heterocycles. The Kier molecular flexibility index (Phi) is 2.10. The molecule has 2 N–H and O–H groups in total. The van der Waals surface area contributed by atoms with Crippen LogP contribution in [0.4, 0.5) is 0 Å². The number of aromatic nitrogens is 7. The Bertz CT molecular complexity index is 636. The number of hydrogen-bond donors (Lipinski definition) is 2. The van der Waals surface area contributed by atoms with E-state index >= 15 is 0 Å². The first kappa shape index (κ1) is 9.31. The zero-order valence-electron chi connectivity index (χ0n) is 7.22. The van der Waals surface area contributed by atoms with Crippen LogP contribution in [-0.4, -0.2) is 35.0 Å². The van der Waals surface area contributed by atoms with E-state index in [0.29, 0.717) is 11.4 Å². The van der Waals surface area contributed by atoms with Gasteiger partial charge in [0, 0.05) is 0 Å². The first-order valence-corrected chi connectivity index (χ1v) is 3.49. The number of nitrogens with zero attached hydrogens (tertiary/aromatic N) is 5. The van der Waals surface area contributed by atoms with Crippen LogP contribution in [0.5, 0.6) is 0 Å². The van der Waals surface area contributed by atoms with Crippen molar-refractivity contribution in [3.63, 3.8) is 0 Å². The molecule has 14 heavy (non-hydrogen) atoms. The molecule has 0 unspecified atom stereocenters. The third-order valence-electron chi connectivity index (χ3n) is 1.72. The summed E-state index contributed by atoms with van der Waals surface area (Å²) in [4.78, 5) is 17.6. The maximum Gasteiger partial charge on any atom is 1.00 e. The monoisotopic (exact) mass is 200 g/mol. The molecule has 0 aliphatic heterocycles. The van der Waals surface area contributed by atoms with E-state index in [-0.39, 0.29) is 40.6 Å². The van der Waals surface area contributed by atoms with Crippen LogP contribution in [0, 0.1) is 0 Å². The minimum atomic E-state index is -0.329. The zero-order valence-corrected chi connectivity index (χ0v) is 9.22. The van der Waals surface area contributed by atoms with Crippen LogP contribution in [0.1, 0.15) is 0 Å². The fourth-order valence-corrected chi connectivity index (χ4v) is 1.17. The zero-order chi connectivity index (χ0) is 8.84. The van der Waals surface area contributed by atoms with Crippen LogP contribution in [0.15, 0.2) is 11.1 Å². The van der Waals surface area contributed by atoms with E-state index in [4.69, 9.17) is 0 Å². The average molecular weight is 200 g/mol. The number of hydrogen-bond acceptors (Lipinski definition) is 5. The standard InChI is InChI=1S/C5H3N7O.Na/c13-4-2-3(10-11-9-2)12-5(8-4)6-1-7-12;/h1H,(H,9,10,11)(H,6,7,8,13);/q;+1. The molecule has 3 heterocycles. The summed E-state index contributed by atoms with van der Waals surface area (Å²) in [7, 11) is 0. The number of aromatic amines is 2. The van der Waals surface area contributed by atoms with Crippen LogP contribution >= 0.6 is 0 Å². The third kappa shape index (κ3) is 1.08. The van der Waals surface area contributed by atoms with Crippen LogP contribution in [0.2, 0.25) is 0 Å². The van der Waals surface area contributed by atoms with Crippen molar-refractivity contribution >= 4 is 16.9 Å². The summed E-state index contributed by atoms with van der Waals surface area (Å²) in [6.45, 7) is 0. The SMILES string of the molecule is O=c1[nH]c2ncnn2c2n[nH]nc12.[Na+]. The molecule has 0 bridgehead atoms. The van der Waals surface area contributed by atoms with Crippen molar-refractivity contribution in [1.29, 1.82) is 0 Å². The van der Waals surface area contributed by atoms with E-state index in [1.54, 1.807) is 0 Å². The van der Waals surface area contributed by atoms with Gasteiger partial charge < -0.3 is 0 Å². The van der Waals surface area contributed by atoms with Gasteiger partial charge >= 0.3 is 29.6 Å². The topological polar surface area (TPSA) is 105 Å². The number of nitrogens with one attached hydrogen (secondary N) is 2. The third-order valence-corrected chi connectivity index (χ3v) is 1.72. The molecule has 8 nitrogen and oxygen atoms in total. The van der Waals surface area contributed by atoms with Gasteiger partial charge in [0.05, 0.1) is 0 Å². The molecule has 3 aromatic rings. The van der Waals surface area contributed by atoms with Gasteiger partial charge in [0.25, 0.3) is 5.56 Å². The van der Waals surface area contributed by atoms with Crippen molar-refractivity contribution < 1.29 is 29.6 Å². The second kappa shape index (κ2) is 3.15. The Morgan fingerprint density at radius 3 is 3.07 bits per heavy atom. The van der Waals surface area contributed by atoms with Gasteiger partial charge in [-0.2, -0.15) is 19.8 Å². The molecule has 0 fully saturated rings. The minimum absolute atomic E-state index is 0. The van der Waals surface area contributed by atoms with Gasteiger partial charge in [-0.05, 0) is 0 Å². The molecule has 9 heteroatoms. The van der Waals surface area contributed by atoms with E-state index in [0.717, 1.165) is 0 Å². The van der Waals surface area contributed by atoms with Gasteiger partial charge in [0.15, 0.2) is 5.52 Å². The molecule has 0 spiro atoms. The molecule has 0 aromatic carbocycles. The summed E-state index contributed by atoms with van der Waals surface area (Å²) in [5.41, 5.74) is 0.263. The smallest absolute Gasteiger partial charge is 0.289 e. The molecule has 0 aliphatic carbocycles. The van der Waals surface area contributed by atoms with Gasteiger partial charge in [0.1, 0.15) is 6.33 Å². The first-order chi connectivity index (χ1) is 6.36. The summed E-state index contributed by atoms with van der Waals surface area (Å²) >= 11 is 0. The maximum absolute atomic E-state index is 11.3. The summed E-state index contributed by atoms with van der Waals surface area (Å²) < 4.78 is 1.40. The average Bonchev–Trinajstić information content (AvgIpc) is 2.66. The van der Waals surface area contributed by atoms with Crippen molar-refractivity contribution in [2.75, 3.05) is 0 Å². The van der Waals surface area contributed by atoms with Crippen molar-refractivity contribution in [3.05, 3.63) is 16.7 Å². The maximum atomic E-state index is 11.3. The second-order valence-electron chi connectivity index (χ2n) is 2.45. The fraction of sp³-hybridized carbons (Fsp3) is 0. The largest absolute Gasteiger partial charge is 1.00 e. The molecular weight excluding hydrogens is 197 g/mol. The number of H-pyrrole nitrogens is 2. The molecule has 0 atom stereocenters. The molecular formula is C5H3N7NaO+. The fourth-order valence-electron chi connectivity index (χ4n) is 1.17. The number of rotatable bonds is 0. The Balaban J connectivity index is 0.000000750. The quantitative estimate of drug-likeness (QED) is 0.357. The van der Waals surface area contributed by atoms with E-state index in [9.17, 15) is 4.79 Å². The summed E-state index contributed by atoms with van der Waals surface area (Å²) in [5, 5.41) is 13.7. The Hall–Kier alpha value is -1.25. The van der Waals surface area contributed by atoms with Crippen LogP contribution in [-0.2, 0) is 0 Å². The molecule has 64 valence electrons. The minimum Gasteiger partial charge on any atom is -0.289 e. The van der Waals surface area contributed by atoms with Gasteiger partial charge in [-0.15, -0.1) is 10.2 Å². The predicted molar refractivity (Wildman–Crippen MR) is 41.1 cm³/mol. The second-order valence-corrected chi connectivity index (χ2v) is 2.45. The van der Waals surface area contributed by atoms with Gasteiger partial charge in [-0.3, -0.25) is 9.78 Å². The Morgan fingerprint density at radius 1 is 1.36 bits per heavy atom. The van der Waals surface area contributed by atoms with Gasteiger partial charge in [0.2, 0.25) is 11.4 Å². The Morgan fingerprint density at radius 2 is 2.21 bits per heavy atom. The summed E-state index contributed by atoms with van der Waals surface area (Å²) in [6.07, 6.45) is 1.33. The predicted octanol–water partition coefficient (Wildman–Crippen LogP) is -4.31. The van der Waals surface area contributed by atoms with E-state index in [2.05, 4.69) is 30.5 Å². The molecule has 0 aliphatic rings. The molecule has 3 aromatic heterocycles. The van der Waals surface area contributed by atoms with Crippen molar-refractivity contribution in [2.45, 2.75) is 0 Å². The van der Waals surface area contributed by atoms with Crippen LogP contribution in [0.3, 0.4) is 0 Å². The van der Waals surface area contributed by atoms with E-state index < -0.39 is 0 Å². The molecule has 0 saturated carbocycles. The van der Waals surface area contributed by atoms with Crippen LogP contribution in [0.25, 0.3) is 16.9 Å². The summed E-state index contributed by atoms with van der Waals surface area (Å²) in [6, 6.07) is 0. The van der Waals surface area contributed by atoms with E-state index in [1.165, 1.54) is 10.8 Å². The van der Waals surface area contributed by atoms with Crippen molar-refractivity contribution in [3.8, 4) is 0 Å². The first-order valence-electron chi connectivity index (χ1n) is 3.49. The van der Waals surface area contributed by atoms with Crippen molar-refractivity contribution in [1.82, 2.24) is 35.0 Å².